The summed E-state index contributed by atoms with van der Waals surface area (Å²) in [5, 5.41) is 2.72. The third-order valence-corrected chi connectivity index (χ3v) is 4.33. The number of anilines is 2. The van der Waals surface area contributed by atoms with Crippen molar-refractivity contribution in [3.8, 4) is 17.2 Å². The number of hydrogen-bond acceptors (Lipinski definition) is 6. The molecule has 2 aromatic rings. The van der Waals surface area contributed by atoms with Crippen LogP contribution < -0.4 is 24.2 Å². The maximum atomic E-state index is 12.7. The van der Waals surface area contributed by atoms with Gasteiger partial charge in [0, 0.05) is 5.69 Å². The third kappa shape index (κ3) is 4.82. The second kappa shape index (κ2) is 8.17. The summed E-state index contributed by atoms with van der Waals surface area (Å²) in [6, 6.07) is 8.08. The minimum atomic E-state index is -3.44. The fraction of sp³-hybridized carbons (Fsp3) is 0.278. The van der Waals surface area contributed by atoms with Crippen LogP contribution in [-0.2, 0) is 10.0 Å². The number of nitrogens with one attached hydrogen (secondary N) is 2. The van der Waals surface area contributed by atoms with Gasteiger partial charge in [0.15, 0.2) is 11.5 Å². The lowest BCUT2D eigenvalue weighted by atomic mass is 10.1. The second-order valence-corrected chi connectivity index (χ2v) is 7.49. The zero-order chi connectivity index (χ0) is 20.2. The Morgan fingerprint density at radius 2 is 1.63 bits per heavy atom. The van der Waals surface area contributed by atoms with Crippen LogP contribution in [0.5, 0.6) is 17.2 Å². The predicted molar refractivity (Wildman–Crippen MR) is 104 cm³/mol. The molecule has 0 aliphatic carbocycles. The molecule has 0 atom stereocenters. The molecule has 0 bridgehead atoms. The molecule has 0 fully saturated rings. The van der Waals surface area contributed by atoms with Gasteiger partial charge in [0.2, 0.25) is 15.8 Å². The molecule has 0 saturated heterocycles. The third-order valence-electron chi connectivity index (χ3n) is 3.74. The summed E-state index contributed by atoms with van der Waals surface area (Å²) in [5.74, 6) is 0.523. The Labute approximate surface area is 158 Å². The minimum absolute atomic E-state index is 0.232. The molecule has 2 rings (SSSR count). The van der Waals surface area contributed by atoms with Gasteiger partial charge < -0.3 is 19.5 Å². The van der Waals surface area contributed by atoms with Gasteiger partial charge in [-0.15, -0.1) is 0 Å². The smallest absolute Gasteiger partial charge is 0.259 e. The lowest BCUT2D eigenvalue weighted by Crippen LogP contribution is -2.15. The van der Waals surface area contributed by atoms with Crippen molar-refractivity contribution < 1.29 is 27.4 Å². The Bertz CT molecular complexity index is 957. The van der Waals surface area contributed by atoms with Crippen molar-refractivity contribution in [2.75, 3.05) is 37.6 Å². The van der Waals surface area contributed by atoms with Crippen LogP contribution in [0.15, 0.2) is 30.3 Å². The Morgan fingerprint density at radius 1 is 0.963 bits per heavy atom. The van der Waals surface area contributed by atoms with Crippen LogP contribution in [0.2, 0.25) is 0 Å². The molecule has 0 radical (unpaired) electrons. The van der Waals surface area contributed by atoms with E-state index in [1.807, 2.05) is 0 Å². The van der Waals surface area contributed by atoms with Crippen LogP contribution >= 0.6 is 0 Å². The first-order chi connectivity index (χ1) is 12.7. The zero-order valence-electron chi connectivity index (χ0n) is 15.7. The first kappa shape index (κ1) is 20.4. The molecular weight excluding hydrogens is 372 g/mol. The molecular formula is C18H22N2O6S. The minimum Gasteiger partial charge on any atom is -0.493 e. The molecule has 2 aromatic carbocycles. The molecule has 146 valence electrons. The van der Waals surface area contributed by atoms with E-state index < -0.39 is 15.9 Å². The van der Waals surface area contributed by atoms with E-state index in [1.165, 1.54) is 21.3 Å². The van der Waals surface area contributed by atoms with Gasteiger partial charge in [0.1, 0.15) is 0 Å². The number of hydrogen-bond donors (Lipinski definition) is 2. The van der Waals surface area contributed by atoms with E-state index in [0.717, 1.165) is 11.8 Å². The monoisotopic (exact) mass is 394 g/mol. The summed E-state index contributed by atoms with van der Waals surface area (Å²) in [6.07, 6.45) is 1.06. The molecule has 0 aliphatic rings. The normalized spacial score (nSPS) is 10.9. The highest BCUT2D eigenvalue weighted by atomic mass is 32.2. The maximum Gasteiger partial charge on any atom is 0.259 e. The number of ether oxygens (including phenoxy) is 3. The standard InChI is InChI=1S/C18H22N2O6S/c1-11-6-7-12(10-14(11)20-27(5,22)23)19-18(21)13-8-9-15(24-2)17(26-4)16(13)25-3/h6-10,20H,1-5H3,(H,19,21). The van der Waals surface area contributed by atoms with Crippen LogP contribution in [0.3, 0.4) is 0 Å². The molecule has 2 N–H and O–H groups in total. The van der Waals surface area contributed by atoms with Gasteiger partial charge in [-0.2, -0.15) is 0 Å². The molecule has 0 aromatic heterocycles. The molecule has 9 heteroatoms. The average molecular weight is 394 g/mol. The van der Waals surface area contributed by atoms with E-state index in [0.29, 0.717) is 22.9 Å². The van der Waals surface area contributed by atoms with E-state index in [9.17, 15) is 13.2 Å². The highest BCUT2D eigenvalue weighted by molar-refractivity contribution is 7.92. The lowest BCUT2D eigenvalue weighted by molar-refractivity contribution is 0.102. The van der Waals surface area contributed by atoms with Gasteiger partial charge >= 0.3 is 0 Å². The van der Waals surface area contributed by atoms with Crippen molar-refractivity contribution >= 4 is 27.3 Å². The van der Waals surface area contributed by atoms with Gasteiger partial charge in [-0.05, 0) is 36.8 Å². The Balaban J connectivity index is 2.37. The quantitative estimate of drug-likeness (QED) is 0.748. The van der Waals surface area contributed by atoms with Crippen molar-refractivity contribution in [2.24, 2.45) is 0 Å². The number of carbonyl (C=O) groups excluding carboxylic acids is 1. The first-order valence-electron chi connectivity index (χ1n) is 7.89. The molecule has 27 heavy (non-hydrogen) atoms. The fourth-order valence-corrected chi connectivity index (χ4v) is 3.11. The van der Waals surface area contributed by atoms with E-state index in [2.05, 4.69) is 10.0 Å². The summed E-state index contributed by atoms with van der Waals surface area (Å²) in [5.41, 5.74) is 1.78. The summed E-state index contributed by atoms with van der Waals surface area (Å²) in [4.78, 5) is 12.7. The maximum absolute atomic E-state index is 12.7. The Hall–Kier alpha value is -2.94. The van der Waals surface area contributed by atoms with Gasteiger partial charge in [0.05, 0.1) is 38.8 Å². The van der Waals surface area contributed by atoms with E-state index >= 15 is 0 Å². The summed E-state index contributed by atoms with van der Waals surface area (Å²) in [6.45, 7) is 1.76. The molecule has 0 spiro atoms. The fourth-order valence-electron chi connectivity index (χ4n) is 2.49. The summed E-state index contributed by atoms with van der Waals surface area (Å²) < 4.78 is 41.2. The number of rotatable bonds is 7. The molecule has 0 aliphatic heterocycles. The predicted octanol–water partition coefficient (Wildman–Crippen LogP) is 2.64. The second-order valence-electron chi connectivity index (χ2n) is 5.74. The van der Waals surface area contributed by atoms with Crippen LogP contribution in [-0.4, -0.2) is 41.9 Å². The Kier molecular flexibility index (Phi) is 6.17. The summed E-state index contributed by atoms with van der Waals surface area (Å²) >= 11 is 0. The highest BCUT2D eigenvalue weighted by Crippen LogP contribution is 2.40. The molecule has 8 nitrogen and oxygen atoms in total. The van der Waals surface area contributed by atoms with E-state index in [-0.39, 0.29) is 11.3 Å². The van der Waals surface area contributed by atoms with E-state index in [4.69, 9.17) is 14.2 Å². The van der Waals surface area contributed by atoms with Crippen molar-refractivity contribution in [1.29, 1.82) is 0 Å². The van der Waals surface area contributed by atoms with Gasteiger partial charge in [-0.1, -0.05) is 6.07 Å². The number of methoxy groups -OCH3 is 3. The largest absolute Gasteiger partial charge is 0.493 e. The van der Waals surface area contributed by atoms with Crippen molar-refractivity contribution in [2.45, 2.75) is 6.92 Å². The van der Waals surface area contributed by atoms with Gasteiger partial charge in [-0.25, -0.2) is 8.42 Å². The lowest BCUT2D eigenvalue weighted by Gasteiger charge is -2.16. The topological polar surface area (TPSA) is 103 Å². The van der Waals surface area contributed by atoms with Crippen LogP contribution in [0.25, 0.3) is 0 Å². The van der Waals surface area contributed by atoms with Gasteiger partial charge in [-0.3, -0.25) is 9.52 Å². The van der Waals surface area contributed by atoms with Crippen molar-refractivity contribution in [3.63, 3.8) is 0 Å². The van der Waals surface area contributed by atoms with Crippen molar-refractivity contribution in [1.82, 2.24) is 0 Å². The number of carbonyl (C=O) groups is 1. The first-order valence-corrected chi connectivity index (χ1v) is 9.78. The van der Waals surface area contributed by atoms with Crippen LogP contribution in [0.1, 0.15) is 15.9 Å². The van der Waals surface area contributed by atoms with E-state index in [1.54, 1.807) is 37.3 Å². The number of amides is 1. The highest BCUT2D eigenvalue weighted by Gasteiger charge is 2.21. The van der Waals surface area contributed by atoms with Crippen LogP contribution in [0.4, 0.5) is 11.4 Å². The summed E-state index contributed by atoms with van der Waals surface area (Å²) in [7, 11) is 0.922. The van der Waals surface area contributed by atoms with Crippen molar-refractivity contribution in [3.05, 3.63) is 41.5 Å². The molecule has 0 saturated carbocycles. The average Bonchev–Trinajstić information content (AvgIpc) is 2.61. The SMILES string of the molecule is COc1ccc(C(=O)Nc2ccc(C)c(NS(C)(=O)=O)c2)c(OC)c1OC. The number of sulfonamides is 1. The van der Waals surface area contributed by atoms with Crippen LogP contribution in [0, 0.1) is 6.92 Å². The number of aryl methyl sites for hydroxylation is 1. The molecule has 1 amide bonds. The zero-order valence-corrected chi connectivity index (χ0v) is 16.6. The molecule has 0 unspecified atom stereocenters. The van der Waals surface area contributed by atoms with Gasteiger partial charge in [0.25, 0.3) is 5.91 Å². The molecule has 0 heterocycles. The Morgan fingerprint density at radius 3 is 2.19 bits per heavy atom. The number of benzene rings is 2.